The van der Waals surface area contributed by atoms with E-state index in [4.69, 9.17) is 4.42 Å². The molecule has 1 atom stereocenters. The molecule has 2 N–H and O–H groups in total. The third-order valence-electron chi connectivity index (χ3n) is 5.22. The molecule has 1 aromatic carbocycles. The summed E-state index contributed by atoms with van der Waals surface area (Å²) < 4.78 is 44.1. The lowest BCUT2D eigenvalue weighted by atomic mass is 9.83. The van der Waals surface area contributed by atoms with E-state index in [2.05, 4.69) is 25.8 Å². The molecule has 1 saturated heterocycles. The van der Waals surface area contributed by atoms with Gasteiger partial charge in [0.2, 0.25) is 11.8 Å². The van der Waals surface area contributed by atoms with E-state index in [1.165, 1.54) is 18.3 Å². The van der Waals surface area contributed by atoms with Gasteiger partial charge in [-0.2, -0.15) is 13.2 Å². The van der Waals surface area contributed by atoms with E-state index in [0.29, 0.717) is 36.5 Å². The van der Waals surface area contributed by atoms with Crippen LogP contribution in [0.1, 0.15) is 31.2 Å². The van der Waals surface area contributed by atoms with Gasteiger partial charge in [-0.15, -0.1) is 10.2 Å². The molecule has 156 valence electrons. The van der Waals surface area contributed by atoms with Gasteiger partial charge in [0.15, 0.2) is 0 Å². The summed E-state index contributed by atoms with van der Waals surface area (Å²) in [7, 11) is 0. The van der Waals surface area contributed by atoms with Crippen molar-refractivity contribution in [1.82, 2.24) is 20.5 Å². The highest BCUT2D eigenvalue weighted by atomic mass is 19.4. The Morgan fingerprint density at radius 3 is 2.60 bits per heavy atom. The first-order valence-electron chi connectivity index (χ1n) is 9.35. The molecule has 1 aliphatic rings. The van der Waals surface area contributed by atoms with Crippen LogP contribution in [0.25, 0.3) is 11.5 Å². The zero-order valence-corrected chi connectivity index (χ0v) is 16.0. The smallest absolute Gasteiger partial charge is 0.416 e. The summed E-state index contributed by atoms with van der Waals surface area (Å²) in [6.45, 7) is 2.43. The van der Waals surface area contributed by atoms with E-state index in [9.17, 15) is 18.0 Å². The number of amides is 1. The van der Waals surface area contributed by atoms with Crippen LogP contribution in [0.3, 0.4) is 0 Å². The van der Waals surface area contributed by atoms with Crippen LogP contribution >= 0.6 is 0 Å². The minimum Gasteiger partial charge on any atom is -0.419 e. The quantitative estimate of drug-likeness (QED) is 0.650. The van der Waals surface area contributed by atoms with Crippen LogP contribution in [0.5, 0.6) is 0 Å². The van der Waals surface area contributed by atoms with Crippen LogP contribution in [0, 0.1) is 0 Å². The molecule has 4 rings (SSSR count). The molecule has 1 aliphatic heterocycles. The van der Waals surface area contributed by atoms with Gasteiger partial charge in [-0.3, -0.25) is 4.79 Å². The lowest BCUT2D eigenvalue weighted by Gasteiger charge is -2.18. The van der Waals surface area contributed by atoms with Crippen molar-refractivity contribution >= 4 is 17.4 Å². The zero-order valence-electron chi connectivity index (χ0n) is 16.0. The standard InChI is InChI=1S/C20H18F3N5O2/c1-2-19(9-11-25-17(19)29)18-28-27-16(30-18)14-4-3-10-24-15(14)26-13-7-5-12(6-8-13)20(21,22)23/h3-8,10H,2,9,11H2,1H3,(H,24,26)(H,25,29)/t19-/m0/s1. The Kier molecular flexibility index (Phi) is 4.92. The number of halogens is 3. The molecular formula is C20H18F3N5O2. The maximum Gasteiger partial charge on any atom is 0.416 e. The van der Waals surface area contributed by atoms with Gasteiger partial charge in [0, 0.05) is 18.4 Å². The highest BCUT2D eigenvalue weighted by Gasteiger charge is 2.47. The average Bonchev–Trinajstić information content (AvgIpc) is 3.35. The highest BCUT2D eigenvalue weighted by molar-refractivity contribution is 5.89. The van der Waals surface area contributed by atoms with Gasteiger partial charge in [-0.25, -0.2) is 4.98 Å². The minimum atomic E-state index is -4.41. The molecule has 0 radical (unpaired) electrons. The minimum absolute atomic E-state index is 0.144. The number of carbonyl (C=O) groups is 1. The third-order valence-corrected chi connectivity index (χ3v) is 5.22. The monoisotopic (exact) mass is 417 g/mol. The Hall–Kier alpha value is -3.43. The van der Waals surface area contributed by atoms with Crippen molar-refractivity contribution in [3.8, 4) is 11.5 Å². The second kappa shape index (κ2) is 7.43. The van der Waals surface area contributed by atoms with Gasteiger partial charge < -0.3 is 15.1 Å². The molecule has 0 spiro atoms. The Morgan fingerprint density at radius 2 is 1.97 bits per heavy atom. The van der Waals surface area contributed by atoms with Crippen molar-refractivity contribution in [2.24, 2.45) is 0 Å². The average molecular weight is 417 g/mol. The summed E-state index contributed by atoms with van der Waals surface area (Å²) in [5, 5.41) is 14.0. The van der Waals surface area contributed by atoms with Gasteiger partial charge in [0.1, 0.15) is 11.2 Å². The normalized spacial score (nSPS) is 19.0. The van der Waals surface area contributed by atoms with E-state index < -0.39 is 17.2 Å². The zero-order chi connectivity index (χ0) is 21.4. The fourth-order valence-corrected chi connectivity index (χ4v) is 3.45. The number of anilines is 2. The summed E-state index contributed by atoms with van der Waals surface area (Å²) in [6.07, 6.45) is -1.79. The molecule has 0 aliphatic carbocycles. The van der Waals surface area contributed by atoms with Gasteiger partial charge in [0.25, 0.3) is 5.89 Å². The van der Waals surface area contributed by atoms with Crippen molar-refractivity contribution in [2.75, 3.05) is 11.9 Å². The van der Waals surface area contributed by atoms with Gasteiger partial charge in [0.05, 0.1) is 11.1 Å². The first-order valence-corrected chi connectivity index (χ1v) is 9.35. The molecule has 3 aromatic rings. The summed E-state index contributed by atoms with van der Waals surface area (Å²) in [4.78, 5) is 16.6. The van der Waals surface area contributed by atoms with Crippen molar-refractivity contribution in [1.29, 1.82) is 0 Å². The Labute approximate surface area is 169 Å². The molecule has 10 heteroatoms. The molecule has 0 unspecified atom stereocenters. The fraction of sp³-hybridized carbons (Fsp3) is 0.300. The van der Waals surface area contributed by atoms with Gasteiger partial charge in [-0.05, 0) is 49.2 Å². The van der Waals surface area contributed by atoms with Crippen molar-refractivity contribution < 1.29 is 22.4 Å². The predicted octanol–water partition coefficient (Wildman–Crippen LogP) is 4.06. The Morgan fingerprint density at radius 1 is 1.20 bits per heavy atom. The number of aromatic nitrogens is 3. The second-order valence-corrected chi connectivity index (χ2v) is 6.95. The van der Waals surface area contributed by atoms with E-state index in [1.807, 2.05) is 6.92 Å². The molecule has 2 aromatic heterocycles. The first-order chi connectivity index (χ1) is 14.3. The molecule has 1 fully saturated rings. The van der Waals surface area contributed by atoms with E-state index in [0.717, 1.165) is 12.1 Å². The maximum absolute atomic E-state index is 12.8. The fourth-order valence-electron chi connectivity index (χ4n) is 3.45. The Bertz CT molecular complexity index is 1060. The number of nitrogens with one attached hydrogen (secondary N) is 2. The number of hydrogen-bond acceptors (Lipinski definition) is 6. The molecular weight excluding hydrogens is 399 g/mol. The molecule has 0 saturated carbocycles. The van der Waals surface area contributed by atoms with Crippen molar-refractivity contribution in [3.63, 3.8) is 0 Å². The number of hydrogen-bond donors (Lipinski definition) is 2. The number of rotatable bonds is 5. The summed E-state index contributed by atoms with van der Waals surface area (Å²) in [5.41, 5.74) is -0.701. The lowest BCUT2D eigenvalue weighted by molar-refractivity contribution is -0.137. The van der Waals surface area contributed by atoms with E-state index >= 15 is 0 Å². The first kappa shape index (κ1) is 19.9. The van der Waals surface area contributed by atoms with Crippen LogP contribution in [0.15, 0.2) is 47.0 Å². The number of carbonyl (C=O) groups excluding carboxylic acids is 1. The maximum atomic E-state index is 12.8. The highest BCUT2D eigenvalue weighted by Crippen LogP contribution is 2.37. The number of benzene rings is 1. The van der Waals surface area contributed by atoms with Crippen LogP contribution in [0.4, 0.5) is 24.7 Å². The number of nitrogens with zero attached hydrogens (tertiary/aromatic N) is 3. The van der Waals surface area contributed by atoms with Crippen LogP contribution in [-0.4, -0.2) is 27.6 Å². The third kappa shape index (κ3) is 3.49. The largest absolute Gasteiger partial charge is 0.419 e. The topological polar surface area (TPSA) is 92.9 Å². The molecule has 7 nitrogen and oxygen atoms in total. The van der Waals surface area contributed by atoms with Crippen LogP contribution in [-0.2, 0) is 16.4 Å². The summed E-state index contributed by atoms with van der Waals surface area (Å²) in [6, 6.07) is 7.98. The van der Waals surface area contributed by atoms with Crippen LogP contribution in [0.2, 0.25) is 0 Å². The molecule has 30 heavy (non-hydrogen) atoms. The van der Waals surface area contributed by atoms with Crippen molar-refractivity contribution in [2.45, 2.75) is 31.4 Å². The lowest BCUT2D eigenvalue weighted by Crippen LogP contribution is -2.35. The predicted molar refractivity (Wildman–Crippen MR) is 102 cm³/mol. The Balaban J connectivity index is 1.63. The number of alkyl halides is 3. The van der Waals surface area contributed by atoms with Crippen molar-refractivity contribution in [3.05, 3.63) is 54.0 Å². The second-order valence-electron chi connectivity index (χ2n) is 6.95. The summed E-state index contributed by atoms with van der Waals surface area (Å²) in [5.74, 6) is 0.600. The van der Waals surface area contributed by atoms with Gasteiger partial charge >= 0.3 is 6.18 Å². The van der Waals surface area contributed by atoms with E-state index in [1.54, 1.807) is 12.1 Å². The number of pyridine rings is 1. The molecule has 3 heterocycles. The molecule has 0 bridgehead atoms. The van der Waals surface area contributed by atoms with Crippen LogP contribution < -0.4 is 10.6 Å². The SMILES string of the molecule is CC[C@]1(c2nnc(-c3cccnc3Nc3ccc(C(F)(F)F)cc3)o2)CCNC1=O. The summed E-state index contributed by atoms with van der Waals surface area (Å²) >= 11 is 0. The molecule has 1 amide bonds. The van der Waals surface area contributed by atoms with Gasteiger partial charge in [-0.1, -0.05) is 6.92 Å². The van der Waals surface area contributed by atoms with E-state index in [-0.39, 0.29) is 17.7 Å².